The summed E-state index contributed by atoms with van der Waals surface area (Å²) >= 11 is 0. The van der Waals surface area contributed by atoms with Crippen LogP contribution in [0.3, 0.4) is 0 Å². The molecule has 0 saturated heterocycles. The predicted octanol–water partition coefficient (Wildman–Crippen LogP) is 1.64. The summed E-state index contributed by atoms with van der Waals surface area (Å²) in [5.41, 5.74) is 0.807. The van der Waals surface area contributed by atoms with E-state index in [9.17, 15) is 8.42 Å². The molecule has 25 heavy (non-hydrogen) atoms. The second-order valence-corrected chi connectivity index (χ2v) is 6.81. The number of anilines is 1. The Hall–Kier alpha value is -1.27. The highest BCUT2D eigenvalue weighted by atomic mass is 127. The zero-order chi connectivity index (χ0) is 18.0. The highest BCUT2D eigenvalue weighted by Crippen LogP contribution is 2.29. The first-order valence-corrected chi connectivity index (χ1v) is 9.50. The average Bonchev–Trinajstić information content (AvgIpc) is 2.53. The Morgan fingerprint density at radius 3 is 2.44 bits per heavy atom. The quantitative estimate of drug-likeness (QED) is 0.212. The lowest BCUT2D eigenvalue weighted by Gasteiger charge is -2.13. The number of methoxy groups -OCH3 is 2. The Bertz CT molecular complexity index is 653. The number of halogens is 1. The van der Waals surface area contributed by atoms with Gasteiger partial charge in [-0.15, -0.1) is 24.0 Å². The molecule has 1 aromatic rings. The standard InChI is InChI=1S/C15H26N4O4S.HI/c1-5-16-15(17-9-6-10-18-24(4,20)21)19-12-7-8-13(22-2)14(11-12)23-3;/h7-8,11,18H,5-6,9-10H2,1-4H3,(H2,16,17,19);1H. The lowest BCUT2D eigenvalue weighted by atomic mass is 10.3. The molecule has 0 saturated carbocycles. The molecule has 0 aromatic heterocycles. The Morgan fingerprint density at radius 2 is 1.88 bits per heavy atom. The van der Waals surface area contributed by atoms with Gasteiger partial charge >= 0.3 is 0 Å². The van der Waals surface area contributed by atoms with Crippen molar-refractivity contribution in [1.82, 2.24) is 10.0 Å². The normalized spacial score (nSPS) is 11.4. The molecule has 10 heteroatoms. The molecule has 0 amide bonds. The molecule has 0 radical (unpaired) electrons. The SMILES string of the molecule is CCNC(=NCCCNS(C)(=O)=O)Nc1ccc(OC)c(OC)c1.I. The van der Waals surface area contributed by atoms with Crippen molar-refractivity contribution in [1.29, 1.82) is 0 Å². The number of ether oxygens (including phenoxy) is 2. The molecule has 0 fully saturated rings. The maximum absolute atomic E-state index is 11.0. The third-order valence-corrected chi connectivity index (χ3v) is 3.69. The molecule has 1 rings (SSSR count). The van der Waals surface area contributed by atoms with Crippen molar-refractivity contribution >= 4 is 45.6 Å². The van der Waals surface area contributed by atoms with Crippen molar-refractivity contribution in [2.24, 2.45) is 4.99 Å². The second-order valence-electron chi connectivity index (χ2n) is 4.98. The van der Waals surface area contributed by atoms with Crippen LogP contribution in [0.15, 0.2) is 23.2 Å². The number of rotatable bonds is 9. The van der Waals surface area contributed by atoms with E-state index in [1.165, 1.54) is 0 Å². The van der Waals surface area contributed by atoms with E-state index in [1.54, 1.807) is 20.3 Å². The van der Waals surface area contributed by atoms with Gasteiger partial charge in [0.1, 0.15) is 0 Å². The van der Waals surface area contributed by atoms with Crippen LogP contribution in [0.25, 0.3) is 0 Å². The van der Waals surface area contributed by atoms with Crippen LogP contribution in [0.4, 0.5) is 5.69 Å². The smallest absolute Gasteiger partial charge is 0.208 e. The van der Waals surface area contributed by atoms with E-state index < -0.39 is 10.0 Å². The summed E-state index contributed by atoms with van der Waals surface area (Å²) in [6, 6.07) is 5.48. The number of guanidine groups is 1. The fraction of sp³-hybridized carbons (Fsp3) is 0.533. The van der Waals surface area contributed by atoms with Gasteiger partial charge in [-0.05, 0) is 25.5 Å². The zero-order valence-electron chi connectivity index (χ0n) is 15.0. The first kappa shape index (κ1) is 23.7. The highest BCUT2D eigenvalue weighted by molar-refractivity contribution is 14.0. The Labute approximate surface area is 166 Å². The number of benzene rings is 1. The van der Waals surface area contributed by atoms with Crippen molar-refractivity contribution in [2.45, 2.75) is 13.3 Å². The zero-order valence-corrected chi connectivity index (χ0v) is 18.1. The van der Waals surface area contributed by atoms with Gasteiger partial charge in [-0.3, -0.25) is 4.99 Å². The number of hydrogen-bond donors (Lipinski definition) is 3. The number of nitrogens with one attached hydrogen (secondary N) is 3. The second kappa shape index (κ2) is 12.1. The van der Waals surface area contributed by atoms with Crippen LogP contribution in [0.2, 0.25) is 0 Å². The van der Waals surface area contributed by atoms with Crippen molar-refractivity contribution in [3.05, 3.63) is 18.2 Å². The summed E-state index contributed by atoms with van der Waals surface area (Å²) in [5, 5.41) is 6.31. The van der Waals surface area contributed by atoms with Crippen molar-refractivity contribution in [2.75, 3.05) is 45.4 Å². The summed E-state index contributed by atoms with van der Waals surface area (Å²) in [6.45, 7) is 3.53. The van der Waals surface area contributed by atoms with Crippen LogP contribution in [0.1, 0.15) is 13.3 Å². The minimum absolute atomic E-state index is 0. The van der Waals surface area contributed by atoms with Gasteiger partial charge in [0, 0.05) is 31.4 Å². The van der Waals surface area contributed by atoms with Gasteiger partial charge in [0.2, 0.25) is 10.0 Å². The maximum Gasteiger partial charge on any atom is 0.208 e. The molecule has 0 atom stereocenters. The molecular formula is C15H27IN4O4S. The van der Waals surface area contributed by atoms with Gasteiger partial charge < -0.3 is 20.1 Å². The third kappa shape index (κ3) is 9.70. The molecule has 144 valence electrons. The fourth-order valence-corrected chi connectivity index (χ4v) is 2.40. The minimum Gasteiger partial charge on any atom is -0.493 e. The lowest BCUT2D eigenvalue weighted by molar-refractivity contribution is 0.355. The van der Waals surface area contributed by atoms with Crippen molar-refractivity contribution < 1.29 is 17.9 Å². The van der Waals surface area contributed by atoms with Crippen LogP contribution in [0.5, 0.6) is 11.5 Å². The summed E-state index contributed by atoms with van der Waals surface area (Å²) in [6.07, 6.45) is 1.74. The van der Waals surface area contributed by atoms with E-state index in [-0.39, 0.29) is 24.0 Å². The van der Waals surface area contributed by atoms with E-state index >= 15 is 0 Å². The largest absolute Gasteiger partial charge is 0.493 e. The molecule has 0 bridgehead atoms. The third-order valence-electron chi connectivity index (χ3n) is 2.96. The van der Waals surface area contributed by atoms with Crippen LogP contribution < -0.4 is 24.8 Å². The van der Waals surface area contributed by atoms with E-state index in [0.717, 1.165) is 11.9 Å². The number of nitrogens with zero attached hydrogens (tertiary/aromatic N) is 1. The first-order chi connectivity index (χ1) is 11.4. The van der Waals surface area contributed by atoms with Gasteiger partial charge in [-0.2, -0.15) is 0 Å². The van der Waals surface area contributed by atoms with Crippen LogP contribution in [-0.2, 0) is 10.0 Å². The van der Waals surface area contributed by atoms with Crippen LogP contribution in [-0.4, -0.2) is 54.5 Å². The van der Waals surface area contributed by atoms with Crippen LogP contribution >= 0.6 is 24.0 Å². The lowest BCUT2D eigenvalue weighted by Crippen LogP contribution is -2.31. The monoisotopic (exact) mass is 486 g/mol. The number of aliphatic imine (C=N–C) groups is 1. The first-order valence-electron chi connectivity index (χ1n) is 7.61. The Kier molecular flexibility index (Phi) is 11.5. The molecule has 0 aliphatic rings. The molecule has 0 aliphatic heterocycles. The van der Waals surface area contributed by atoms with Gasteiger partial charge in [0.25, 0.3) is 0 Å². The minimum atomic E-state index is -3.15. The molecule has 8 nitrogen and oxygen atoms in total. The Balaban J connectivity index is 0.00000576. The van der Waals surface area contributed by atoms with Crippen molar-refractivity contribution in [3.8, 4) is 11.5 Å². The van der Waals surface area contributed by atoms with E-state index in [1.807, 2.05) is 19.1 Å². The average molecular weight is 486 g/mol. The highest BCUT2D eigenvalue weighted by Gasteiger charge is 2.06. The van der Waals surface area contributed by atoms with Gasteiger partial charge in [0.15, 0.2) is 17.5 Å². The number of sulfonamides is 1. The van der Waals surface area contributed by atoms with Crippen LogP contribution in [0, 0.1) is 0 Å². The Morgan fingerprint density at radius 1 is 1.20 bits per heavy atom. The maximum atomic E-state index is 11.0. The summed E-state index contributed by atoms with van der Waals surface area (Å²) < 4.78 is 34.9. The molecule has 3 N–H and O–H groups in total. The fourth-order valence-electron chi connectivity index (χ4n) is 1.89. The van der Waals surface area contributed by atoms with Gasteiger partial charge in [-0.1, -0.05) is 0 Å². The van der Waals surface area contributed by atoms with Crippen molar-refractivity contribution in [3.63, 3.8) is 0 Å². The predicted molar refractivity (Wildman–Crippen MR) is 112 cm³/mol. The molecule has 0 aliphatic carbocycles. The molecule has 0 spiro atoms. The van der Waals surface area contributed by atoms with E-state index in [4.69, 9.17) is 9.47 Å². The summed E-state index contributed by atoms with van der Waals surface area (Å²) in [7, 11) is 0.0100. The van der Waals surface area contributed by atoms with Gasteiger partial charge in [0.05, 0.1) is 20.5 Å². The molecule has 0 heterocycles. The topological polar surface area (TPSA) is 101 Å². The molecule has 0 unspecified atom stereocenters. The molecular weight excluding hydrogens is 459 g/mol. The van der Waals surface area contributed by atoms with Gasteiger partial charge in [-0.25, -0.2) is 13.1 Å². The number of hydrogen-bond acceptors (Lipinski definition) is 5. The van der Waals surface area contributed by atoms with E-state index in [2.05, 4.69) is 20.3 Å². The summed E-state index contributed by atoms with van der Waals surface area (Å²) in [5.74, 6) is 1.89. The summed E-state index contributed by atoms with van der Waals surface area (Å²) in [4.78, 5) is 4.41. The molecule has 1 aromatic carbocycles. The van der Waals surface area contributed by atoms with E-state index in [0.29, 0.717) is 43.5 Å².